The molecule has 0 aliphatic carbocycles. The van der Waals surface area contributed by atoms with Crippen molar-refractivity contribution in [1.82, 2.24) is 14.7 Å². The molecule has 1 atom stereocenters. The van der Waals surface area contributed by atoms with E-state index in [9.17, 15) is 9.18 Å². The molecule has 2 aromatic rings. The SMILES string of the molecule is CCCn1nccc1C(=O)N1CCC[C@H](COc2ccc(F)cc2)C1. The molecule has 3 rings (SSSR count). The molecule has 0 saturated carbocycles. The molecule has 1 fully saturated rings. The summed E-state index contributed by atoms with van der Waals surface area (Å²) in [6.45, 7) is 4.79. The number of hydrogen-bond acceptors (Lipinski definition) is 3. The van der Waals surface area contributed by atoms with Gasteiger partial charge < -0.3 is 9.64 Å². The fraction of sp³-hybridized carbons (Fsp3) is 0.474. The van der Waals surface area contributed by atoms with Crippen LogP contribution in [0, 0.1) is 11.7 Å². The van der Waals surface area contributed by atoms with Gasteiger partial charge in [0.1, 0.15) is 17.3 Å². The minimum atomic E-state index is -0.273. The summed E-state index contributed by atoms with van der Waals surface area (Å²) in [5, 5.41) is 4.24. The zero-order chi connectivity index (χ0) is 17.6. The smallest absolute Gasteiger partial charge is 0.272 e. The highest BCUT2D eigenvalue weighted by atomic mass is 19.1. The van der Waals surface area contributed by atoms with Crippen LogP contribution in [0.2, 0.25) is 0 Å². The van der Waals surface area contributed by atoms with Crippen molar-refractivity contribution in [2.24, 2.45) is 5.92 Å². The summed E-state index contributed by atoms with van der Waals surface area (Å²) in [7, 11) is 0. The van der Waals surface area contributed by atoms with Crippen molar-refractivity contribution in [3.63, 3.8) is 0 Å². The number of rotatable bonds is 6. The van der Waals surface area contributed by atoms with Crippen molar-refractivity contribution < 1.29 is 13.9 Å². The number of halogens is 1. The summed E-state index contributed by atoms with van der Waals surface area (Å²) in [5.74, 6) is 0.707. The Kier molecular flexibility index (Phi) is 5.68. The summed E-state index contributed by atoms with van der Waals surface area (Å²) in [5.41, 5.74) is 0.655. The molecule has 1 aliphatic rings. The van der Waals surface area contributed by atoms with Crippen LogP contribution in [-0.2, 0) is 6.54 Å². The first-order valence-corrected chi connectivity index (χ1v) is 8.87. The average molecular weight is 345 g/mol. The molecule has 2 heterocycles. The maximum Gasteiger partial charge on any atom is 0.272 e. The van der Waals surface area contributed by atoms with Crippen LogP contribution in [0.15, 0.2) is 36.5 Å². The predicted molar refractivity (Wildman–Crippen MR) is 93.0 cm³/mol. The molecule has 1 aliphatic heterocycles. The summed E-state index contributed by atoms with van der Waals surface area (Å²) in [6, 6.07) is 7.83. The lowest BCUT2D eigenvalue weighted by Gasteiger charge is -2.32. The van der Waals surface area contributed by atoms with Crippen LogP contribution in [0.4, 0.5) is 4.39 Å². The molecule has 6 heteroatoms. The molecule has 0 bridgehead atoms. The number of carbonyl (C=O) groups excluding carboxylic acids is 1. The van der Waals surface area contributed by atoms with E-state index < -0.39 is 0 Å². The van der Waals surface area contributed by atoms with E-state index in [0.717, 1.165) is 32.4 Å². The van der Waals surface area contributed by atoms with E-state index >= 15 is 0 Å². The van der Waals surface area contributed by atoms with E-state index in [0.29, 0.717) is 24.6 Å². The first-order valence-electron chi connectivity index (χ1n) is 8.87. The van der Waals surface area contributed by atoms with Crippen molar-refractivity contribution in [2.45, 2.75) is 32.7 Å². The molecule has 25 heavy (non-hydrogen) atoms. The van der Waals surface area contributed by atoms with E-state index in [2.05, 4.69) is 12.0 Å². The Morgan fingerprint density at radius 3 is 2.88 bits per heavy atom. The number of aryl methyl sites for hydroxylation is 1. The maximum absolute atomic E-state index is 12.9. The van der Waals surface area contributed by atoms with Gasteiger partial charge in [0.05, 0.1) is 6.61 Å². The molecule has 0 N–H and O–H groups in total. The number of ether oxygens (including phenoxy) is 1. The first-order chi connectivity index (χ1) is 12.2. The lowest BCUT2D eigenvalue weighted by molar-refractivity contribution is 0.0621. The standard InChI is InChI=1S/C19H24FN3O2/c1-2-11-23-18(9-10-21-23)19(24)22-12-3-4-15(13-22)14-25-17-7-5-16(20)6-8-17/h5-10,15H,2-4,11-14H2,1H3/t15-/m0/s1. The third-order valence-corrected chi connectivity index (χ3v) is 4.48. The second-order valence-electron chi connectivity index (χ2n) is 6.46. The summed E-state index contributed by atoms with van der Waals surface area (Å²) < 4.78 is 20.5. The highest BCUT2D eigenvalue weighted by Gasteiger charge is 2.26. The fourth-order valence-electron chi connectivity index (χ4n) is 3.20. The number of carbonyl (C=O) groups is 1. The van der Waals surface area contributed by atoms with Crippen molar-refractivity contribution >= 4 is 5.91 Å². The van der Waals surface area contributed by atoms with Gasteiger partial charge in [0.25, 0.3) is 5.91 Å². The van der Waals surface area contributed by atoms with E-state index in [4.69, 9.17) is 4.74 Å². The monoisotopic (exact) mass is 345 g/mol. The van der Waals surface area contributed by atoms with Gasteiger partial charge in [-0.1, -0.05) is 6.92 Å². The molecule has 5 nitrogen and oxygen atoms in total. The van der Waals surface area contributed by atoms with Crippen LogP contribution in [0.5, 0.6) is 5.75 Å². The van der Waals surface area contributed by atoms with Crippen LogP contribution >= 0.6 is 0 Å². The second kappa shape index (κ2) is 8.14. The largest absolute Gasteiger partial charge is 0.493 e. The van der Waals surface area contributed by atoms with E-state index in [1.807, 2.05) is 4.90 Å². The van der Waals surface area contributed by atoms with Gasteiger partial charge in [-0.15, -0.1) is 0 Å². The summed E-state index contributed by atoms with van der Waals surface area (Å²) in [4.78, 5) is 14.7. The van der Waals surface area contributed by atoms with Gasteiger partial charge in [-0.25, -0.2) is 4.39 Å². The Labute approximate surface area is 147 Å². The number of aromatic nitrogens is 2. The fourth-order valence-corrected chi connectivity index (χ4v) is 3.20. The molecule has 0 radical (unpaired) electrons. The second-order valence-corrected chi connectivity index (χ2v) is 6.46. The first kappa shape index (κ1) is 17.5. The third-order valence-electron chi connectivity index (χ3n) is 4.48. The van der Waals surface area contributed by atoms with Gasteiger partial charge >= 0.3 is 0 Å². The Balaban J connectivity index is 1.57. The van der Waals surface area contributed by atoms with Crippen molar-refractivity contribution in [3.05, 3.63) is 48.0 Å². The number of likely N-dealkylation sites (tertiary alicyclic amines) is 1. The molecular weight excluding hydrogens is 321 g/mol. The van der Waals surface area contributed by atoms with E-state index in [1.54, 1.807) is 29.1 Å². The molecule has 134 valence electrons. The zero-order valence-corrected chi connectivity index (χ0v) is 14.5. The normalized spacial score (nSPS) is 17.5. The van der Waals surface area contributed by atoms with Crippen LogP contribution in [0.3, 0.4) is 0 Å². The zero-order valence-electron chi connectivity index (χ0n) is 14.5. The highest BCUT2D eigenvalue weighted by Crippen LogP contribution is 2.21. The lowest BCUT2D eigenvalue weighted by atomic mass is 9.98. The van der Waals surface area contributed by atoms with Crippen molar-refractivity contribution in [1.29, 1.82) is 0 Å². The van der Waals surface area contributed by atoms with Crippen LogP contribution in [0.25, 0.3) is 0 Å². The average Bonchev–Trinajstić information content (AvgIpc) is 3.09. The van der Waals surface area contributed by atoms with E-state index in [1.165, 1.54) is 12.1 Å². The minimum Gasteiger partial charge on any atom is -0.493 e. The molecule has 1 aromatic carbocycles. The molecule has 0 unspecified atom stereocenters. The Morgan fingerprint density at radius 2 is 2.12 bits per heavy atom. The predicted octanol–water partition coefficient (Wildman–Crippen LogP) is 3.36. The van der Waals surface area contributed by atoms with Crippen molar-refractivity contribution in [2.75, 3.05) is 19.7 Å². The van der Waals surface area contributed by atoms with Gasteiger partial charge in [-0.3, -0.25) is 9.48 Å². The van der Waals surface area contributed by atoms with Gasteiger partial charge in [0.2, 0.25) is 0 Å². The van der Waals surface area contributed by atoms with Gasteiger partial charge in [0, 0.05) is 31.7 Å². The summed E-state index contributed by atoms with van der Waals surface area (Å²) in [6.07, 6.45) is 4.61. The molecule has 1 amide bonds. The van der Waals surface area contributed by atoms with Crippen molar-refractivity contribution in [3.8, 4) is 5.75 Å². The van der Waals surface area contributed by atoms with Crippen LogP contribution in [0.1, 0.15) is 36.7 Å². The molecule has 1 aromatic heterocycles. The third kappa shape index (κ3) is 4.38. The van der Waals surface area contributed by atoms with Gasteiger partial charge in [-0.2, -0.15) is 5.10 Å². The number of amides is 1. The van der Waals surface area contributed by atoms with E-state index in [-0.39, 0.29) is 17.6 Å². The van der Waals surface area contributed by atoms with Gasteiger partial charge in [-0.05, 0) is 49.6 Å². The number of piperidine rings is 1. The lowest BCUT2D eigenvalue weighted by Crippen LogP contribution is -2.42. The molecule has 1 saturated heterocycles. The number of benzene rings is 1. The molecular formula is C19H24FN3O2. The topological polar surface area (TPSA) is 47.4 Å². The maximum atomic E-state index is 12.9. The quantitative estimate of drug-likeness (QED) is 0.806. The van der Waals surface area contributed by atoms with Gasteiger partial charge in [0.15, 0.2) is 0 Å². The van der Waals surface area contributed by atoms with Crippen LogP contribution in [-0.4, -0.2) is 40.3 Å². The minimum absolute atomic E-state index is 0.0393. The number of hydrogen-bond donors (Lipinski definition) is 0. The Bertz CT molecular complexity index is 699. The van der Waals surface area contributed by atoms with Crippen LogP contribution < -0.4 is 4.74 Å². The summed E-state index contributed by atoms with van der Waals surface area (Å²) >= 11 is 0. The highest BCUT2D eigenvalue weighted by molar-refractivity contribution is 5.92. The Morgan fingerprint density at radius 1 is 1.32 bits per heavy atom. The number of nitrogens with zero attached hydrogens (tertiary/aromatic N) is 3. The Hall–Kier alpha value is -2.37. The molecule has 0 spiro atoms.